The zero-order valence-electron chi connectivity index (χ0n) is 13.4. The minimum Gasteiger partial charge on any atom is -0.484 e. The van der Waals surface area contributed by atoms with E-state index in [1.54, 1.807) is 11.0 Å². The third-order valence-electron chi connectivity index (χ3n) is 4.22. The fourth-order valence-electron chi connectivity index (χ4n) is 3.01. The maximum atomic E-state index is 12.5. The molecule has 1 aliphatic rings. The third kappa shape index (κ3) is 4.09. The molecule has 0 N–H and O–H groups in total. The summed E-state index contributed by atoms with van der Waals surface area (Å²) in [5.74, 6) is 0.175. The van der Waals surface area contributed by atoms with Crippen molar-refractivity contribution in [2.24, 2.45) is 0 Å². The Balaban J connectivity index is 1.65. The molecule has 1 saturated heterocycles. The monoisotopic (exact) mass is 360 g/mol. The molecular formula is C18H17ClN2O4. The average Bonchev–Trinajstić information content (AvgIpc) is 3.10. The van der Waals surface area contributed by atoms with Gasteiger partial charge < -0.3 is 9.64 Å². The summed E-state index contributed by atoms with van der Waals surface area (Å²) >= 11 is 5.92. The number of hydrogen-bond donors (Lipinski definition) is 0. The summed E-state index contributed by atoms with van der Waals surface area (Å²) < 4.78 is 5.46. The van der Waals surface area contributed by atoms with E-state index in [2.05, 4.69) is 0 Å². The molecule has 1 atom stereocenters. The first kappa shape index (κ1) is 17.2. The number of nitro benzene ring substituents is 1. The Hall–Kier alpha value is -2.60. The van der Waals surface area contributed by atoms with Crippen molar-refractivity contribution in [1.82, 2.24) is 4.90 Å². The van der Waals surface area contributed by atoms with Crippen molar-refractivity contribution in [3.8, 4) is 5.75 Å². The summed E-state index contributed by atoms with van der Waals surface area (Å²) in [5, 5.41) is 11.5. The number of benzene rings is 2. The van der Waals surface area contributed by atoms with E-state index in [-0.39, 0.29) is 24.2 Å². The van der Waals surface area contributed by atoms with Crippen LogP contribution in [-0.4, -0.2) is 28.9 Å². The van der Waals surface area contributed by atoms with E-state index in [0.29, 0.717) is 17.3 Å². The Morgan fingerprint density at radius 3 is 2.76 bits per heavy atom. The predicted molar refractivity (Wildman–Crippen MR) is 93.7 cm³/mol. The molecule has 0 spiro atoms. The number of amides is 1. The van der Waals surface area contributed by atoms with E-state index in [4.69, 9.17) is 16.3 Å². The second-order valence-corrected chi connectivity index (χ2v) is 6.28. The fraction of sp³-hybridized carbons (Fsp3) is 0.278. The highest BCUT2D eigenvalue weighted by atomic mass is 35.5. The SMILES string of the molecule is O=C(COc1cccc([N+](=O)[O-])c1)N1CCCC1c1ccc(Cl)cc1. The molecule has 1 amide bonds. The summed E-state index contributed by atoms with van der Waals surface area (Å²) in [5.41, 5.74) is 0.982. The first-order valence-electron chi connectivity index (χ1n) is 7.97. The Bertz CT molecular complexity index is 779. The van der Waals surface area contributed by atoms with Gasteiger partial charge in [0.15, 0.2) is 6.61 Å². The topological polar surface area (TPSA) is 72.7 Å². The van der Waals surface area contributed by atoms with Crippen LogP contribution in [0.2, 0.25) is 5.02 Å². The van der Waals surface area contributed by atoms with Gasteiger partial charge in [0.2, 0.25) is 0 Å². The van der Waals surface area contributed by atoms with Gasteiger partial charge in [0.05, 0.1) is 17.0 Å². The van der Waals surface area contributed by atoms with E-state index < -0.39 is 4.92 Å². The van der Waals surface area contributed by atoms with Gasteiger partial charge in [-0.3, -0.25) is 14.9 Å². The molecule has 3 rings (SSSR count). The van der Waals surface area contributed by atoms with Gasteiger partial charge in [-0.05, 0) is 36.6 Å². The molecule has 0 radical (unpaired) electrons. The zero-order valence-corrected chi connectivity index (χ0v) is 14.2. The van der Waals surface area contributed by atoms with E-state index in [9.17, 15) is 14.9 Å². The standard InChI is InChI=1S/C18H17ClN2O4/c19-14-8-6-13(7-9-14)17-5-2-10-20(17)18(22)12-25-16-4-1-3-15(11-16)21(23)24/h1,3-4,6-9,11,17H,2,5,10,12H2. The molecule has 130 valence electrons. The summed E-state index contributed by atoms with van der Waals surface area (Å²) in [7, 11) is 0. The Morgan fingerprint density at radius 2 is 2.04 bits per heavy atom. The predicted octanol–water partition coefficient (Wildman–Crippen LogP) is 3.99. The van der Waals surface area contributed by atoms with Gasteiger partial charge in [-0.2, -0.15) is 0 Å². The van der Waals surface area contributed by atoms with Crippen molar-refractivity contribution >= 4 is 23.2 Å². The second kappa shape index (κ2) is 7.53. The van der Waals surface area contributed by atoms with Gasteiger partial charge in [0, 0.05) is 17.6 Å². The van der Waals surface area contributed by atoms with Gasteiger partial charge in [-0.15, -0.1) is 0 Å². The number of hydrogen-bond acceptors (Lipinski definition) is 4. The normalized spacial score (nSPS) is 16.7. The fourth-order valence-corrected chi connectivity index (χ4v) is 3.14. The number of likely N-dealkylation sites (tertiary alicyclic amines) is 1. The van der Waals surface area contributed by atoms with Crippen LogP contribution in [0.4, 0.5) is 5.69 Å². The molecular weight excluding hydrogens is 344 g/mol. The summed E-state index contributed by atoms with van der Waals surface area (Å²) in [6, 6.07) is 13.3. The van der Waals surface area contributed by atoms with Crippen molar-refractivity contribution in [1.29, 1.82) is 0 Å². The average molecular weight is 361 g/mol. The van der Waals surface area contributed by atoms with E-state index in [0.717, 1.165) is 18.4 Å². The molecule has 6 nitrogen and oxygen atoms in total. The van der Waals surface area contributed by atoms with Crippen LogP contribution in [0.5, 0.6) is 5.75 Å². The Labute approximate surface area is 150 Å². The lowest BCUT2D eigenvalue weighted by Gasteiger charge is -2.25. The minimum absolute atomic E-state index is 0.0125. The highest BCUT2D eigenvalue weighted by molar-refractivity contribution is 6.30. The van der Waals surface area contributed by atoms with Crippen LogP contribution in [-0.2, 0) is 4.79 Å². The van der Waals surface area contributed by atoms with Crippen LogP contribution in [0, 0.1) is 10.1 Å². The van der Waals surface area contributed by atoms with Crippen LogP contribution in [0.3, 0.4) is 0 Å². The molecule has 0 aromatic heterocycles. The van der Waals surface area contributed by atoms with E-state index in [1.165, 1.54) is 18.2 Å². The molecule has 2 aromatic carbocycles. The number of ether oxygens (including phenoxy) is 1. The molecule has 2 aromatic rings. The largest absolute Gasteiger partial charge is 0.484 e. The maximum Gasteiger partial charge on any atom is 0.273 e. The van der Waals surface area contributed by atoms with Crippen molar-refractivity contribution in [3.63, 3.8) is 0 Å². The lowest BCUT2D eigenvalue weighted by atomic mass is 10.0. The third-order valence-corrected chi connectivity index (χ3v) is 4.47. The number of nitro groups is 1. The summed E-state index contributed by atoms with van der Waals surface area (Å²) in [6.07, 6.45) is 1.82. The van der Waals surface area contributed by atoms with Crippen LogP contribution in [0.1, 0.15) is 24.4 Å². The van der Waals surface area contributed by atoms with Gasteiger partial charge >= 0.3 is 0 Å². The van der Waals surface area contributed by atoms with Crippen LogP contribution in [0.15, 0.2) is 48.5 Å². The molecule has 1 aliphatic heterocycles. The maximum absolute atomic E-state index is 12.5. The Kier molecular flexibility index (Phi) is 5.19. The molecule has 1 unspecified atom stereocenters. The first-order valence-corrected chi connectivity index (χ1v) is 8.34. The second-order valence-electron chi connectivity index (χ2n) is 5.84. The van der Waals surface area contributed by atoms with Crippen molar-refractivity contribution in [2.45, 2.75) is 18.9 Å². The quantitative estimate of drug-likeness (QED) is 0.597. The lowest BCUT2D eigenvalue weighted by Crippen LogP contribution is -2.34. The molecule has 1 fully saturated rings. The Morgan fingerprint density at radius 1 is 1.28 bits per heavy atom. The smallest absolute Gasteiger partial charge is 0.273 e. The van der Waals surface area contributed by atoms with Crippen molar-refractivity contribution in [3.05, 3.63) is 69.2 Å². The first-order chi connectivity index (χ1) is 12.0. The minimum atomic E-state index is -0.494. The van der Waals surface area contributed by atoms with Crippen molar-refractivity contribution in [2.75, 3.05) is 13.2 Å². The van der Waals surface area contributed by atoms with E-state index in [1.807, 2.05) is 24.3 Å². The molecule has 0 bridgehead atoms. The summed E-state index contributed by atoms with van der Waals surface area (Å²) in [6.45, 7) is 0.523. The molecule has 0 aliphatic carbocycles. The number of nitrogens with zero attached hydrogens (tertiary/aromatic N) is 2. The van der Waals surface area contributed by atoms with Crippen LogP contribution in [0.25, 0.3) is 0 Å². The number of non-ortho nitro benzene ring substituents is 1. The highest BCUT2D eigenvalue weighted by Gasteiger charge is 2.30. The number of carbonyl (C=O) groups excluding carboxylic acids is 1. The zero-order chi connectivity index (χ0) is 17.8. The number of rotatable bonds is 5. The van der Waals surface area contributed by atoms with Gasteiger partial charge in [0.25, 0.3) is 11.6 Å². The molecule has 0 saturated carbocycles. The van der Waals surface area contributed by atoms with Gasteiger partial charge in [-0.25, -0.2) is 0 Å². The number of carbonyl (C=O) groups is 1. The number of halogens is 1. The van der Waals surface area contributed by atoms with Gasteiger partial charge in [-0.1, -0.05) is 29.8 Å². The van der Waals surface area contributed by atoms with Gasteiger partial charge in [0.1, 0.15) is 5.75 Å². The van der Waals surface area contributed by atoms with Crippen molar-refractivity contribution < 1.29 is 14.5 Å². The molecule has 1 heterocycles. The van der Waals surface area contributed by atoms with Crippen LogP contribution >= 0.6 is 11.6 Å². The lowest BCUT2D eigenvalue weighted by molar-refractivity contribution is -0.384. The molecule has 7 heteroatoms. The highest BCUT2D eigenvalue weighted by Crippen LogP contribution is 2.32. The van der Waals surface area contributed by atoms with E-state index >= 15 is 0 Å². The summed E-state index contributed by atoms with van der Waals surface area (Å²) in [4.78, 5) is 24.6. The molecule has 25 heavy (non-hydrogen) atoms. The van der Waals surface area contributed by atoms with Crippen LogP contribution < -0.4 is 4.74 Å².